The van der Waals surface area contributed by atoms with Crippen molar-refractivity contribution in [3.8, 4) is 0 Å². The third kappa shape index (κ3) is 5.57. The number of hydrogen-bond acceptors (Lipinski definition) is 5. The highest BCUT2D eigenvalue weighted by Gasteiger charge is 2.15. The summed E-state index contributed by atoms with van der Waals surface area (Å²) < 4.78 is 7.53. The van der Waals surface area contributed by atoms with E-state index in [1.54, 1.807) is 24.9 Å². The van der Waals surface area contributed by atoms with E-state index in [-0.39, 0.29) is 0 Å². The van der Waals surface area contributed by atoms with E-state index >= 15 is 0 Å². The Morgan fingerprint density at radius 1 is 1.21 bits per heavy atom. The van der Waals surface area contributed by atoms with Crippen LogP contribution in [0.1, 0.15) is 30.7 Å². The highest BCUT2D eigenvalue weighted by Crippen LogP contribution is 2.30. The van der Waals surface area contributed by atoms with Crippen LogP contribution in [0, 0.1) is 6.92 Å². The van der Waals surface area contributed by atoms with Gasteiger partial charge in [-0.05, 0) is 49.3 Å². The monoisotopic (exact) mass is 452 g/mol. The van der Waals surface area contributed by atoms with Crippen molar-refractivity contribution in [1.29, 1.82) is 0 Å². The summed E-state index contributed by atoms with van der Waals surface area (Å²) in [6, 6.07) is 5.65. The SMILES string of the molecule is COCCc1nc2c(N)ncc(C)c2n1CCCCCSc1ccc(Cl)cc1Cl. The van der Waals surface area contributed by atoms with Crippen molar-refractivity contribution in [3.05, 3.63) is 45.8 Å². The van der Waals surface area contributed by atoms with Gasteiger partial charge >= 0.3 is 0 Å². The number of nitrogens with zero attached hydrogens (tertiary/aromatic N) is 3. The topological polar surface area (TPSA) is 66.0 Å². The Labute approximate surface area is 185 Å². The number of benzene rings is 1. The molecule has 8 heteroatoms. The quantitative estimate of drug-likeness (QED) is 0.311. The number of anilines is 1. The molecule has 156 valence electrons. The molecular formula is C21H26Cl2N4OS. The van der Waals surface area contributed by atoms with Crippen LogP contribution in [0.3, 0.4) is 0 Å². The molecule has 0 saturated carbocycles. The van der Waals surface area contributed by atoms with Crippen LogP contribution in [0.5, 0.6) is 0 Å². The minimum atomic E-state index is 0.485. The van der Waals surface area contributed by atoms with Crippen molar-refractivity contribution in [2.45, 2.75) is 44.0 Å². The van der Waals surface area contributed by atoms with Gasteiger partial charge in [0.05, 0.1) is 17.1 Å². The average molecular weight is 453 g/mol. The van der Waals surface area contributed by atoms with Crippen molar-refractivity contribution in [2.24, 2.45) is 0 Å². The van der Waals surface area contributed by atoms with E-state index < -0.39 is 0 Å². The van der Waals surface area contributed by atoms with Crippen molar-refractivity contribution in [1.82, 2.24) is 14.5 Å². The Morgan fingerprint density at radius 2 is 2.03 bits per heavy atom. The first kappa shape index (κ1) is 22.2. The third-order valence-electron chi connectivity index (χ3n) is 4.77. The van der Waals surface area contributed by atoms with Gasteiger partial charge in [0.25, 0.3) is 0 Å². The number of unbranched alkanes of at least 4 members (excludes halogenated alkanes) is 2. The number of halogens is 2. The normalized spacial score (nSPS) is 11.4. The van der Waals surface area contributed by atoms with Crippen LogP contribution in [-0.2, 0) is 17.7 Å². The Hall–Kier alpha value is -1.47. The number of aromatic nitrogens is 3. The molecule has 3 rings (SSSR count). The van der Waals surface area contributed by atoms with Crippen LogP contribution in [0.2, 0.25) is 10.0 Å². The molecule has 0 atom stereocenters. The molecule has 2 aromatic heterocycles. The lowest BCUT2D eigenvalue weighted by Gasteiger charge is -2.11. The van der Waals surface area contributed by atoms with Crippen LogP contribution < -0.4 is 5.73 Å². The Bertz CT molecular complexity index is 977. The first-order valence-electron chi connectivity index (χ1n) is 9.68. The molecule has 2 heterocycles. The predicted molar refractivity (Wildman–Crippen MR) is 123 cm³/mol. The number of methoxy groups -OCH3 is 1. The van der Waals surface area contributed by atoms with E-state index in [1.165, 1.54) is 0 Å². The highest BCUT2D eigenvalue weighted by atomic mass is 35.5. The lowest BCUT2D eigenvalue weighted by molar-refractivity contribution is 0.199. The van der Waals surface area contributed by atoms with Gasteiger partial charge in [0, 0.05) is 36.2 Å². The second-order valence-electron chi connectivity index (χ2n) is 6.93. The van der Waals surface area contributed by atoms with Gasteiger partial charge in [-0.15, -0.1) is 11.8 Å². The smallest absolute Gasteiger partial charge is 0.151 e. The minimum Gasteiger partial charge on any atom is -0.384 e. The van der Waals surface area contributed by atoms with E-state index in [9.17, 15) is 0 Å². The van der Waals surface area contributed by atoms with E-state index in [1.807, 2.05) is 18.3 Å². The lowest BCUT2D eigenvalue weighted by Crippen LogP contribution is -2.08. The molecule has 29 heavy (non-hydrogen) atoms. The molecule has 0 unspecified atom stereocenters. The summed E-state index contributed by atoms with van der Waals surface area (Å²) in [4.78, 5) is 10.1. The van der Waals surface area contributed by atoms with E-state index in [0.29, 0.717) is 17.4 Å². The maximum Gasteiger partial charge on any atom is 0.151 e. The number of imidazole rings is 1. The fourth-order valence-electron chi connectivity index (χ4n) is 3.31. The molecule has 0 spiro atoms. The van der Waals surface area contributed by atoms with E-state index in [4.69, 9.17) is 38.7 Å². The summed E-state index contributed by atoms with van der Waals surface area (Å²) in [7, 11) is 1.71. The molecule has 1 aromatic carbocycles. The molecule has 0 bridgehead atoms. The van der Waals surface area contributed by atoms with Crippen molar-refractivity contribution >= 4 is 51.8 Å². The standard InChI is InChI=1S/C21H26Cl2N4OS/c1-14-13-25-21(24)19-20(14)27(18(26-19)8-10-28-2)9-4-3-5-11-29-17-7-6-15(22)12-16(17)23/h6-7,12-13H,3-5,8-11H2,1-2H3,(H2,24,25). The third-order valence-corrected chi connectivity index (χ3v) is 6.59. The second kappa shape index (κ2) is 10.5. The van der Waals surface area contributed by atoms with Gasteiger partial charge in [-0.2, -0.15) is 0 Å². The lowest BCUT2D eigenvalue weighted by atomic mass is 10.2. The fourth-order valence-corrected chi connectivity index (χ4v) is 4.82. The summed E-state index contributed by atoms with van der Waals surface area (Å²) in [5.41, 5.74) is 9.05. The molecular weight excluding hydrogens is 427 g/mol. The maximum absolute atomic E-state index is 6.24. The molecule has 0 aliphatic heterocycles. The molecule has 0 aliphatic rings. The van der Waals surface area contributed by atoms with E-state index in [0.717, 1.165) is 70.3 Å². The molecule has 0 saturated heterocycles. The number of thioether (sulfide) groups is 1. The van der Waals surface area contributed by atoms with Gasteiger partial charge in [-0.1, -0.05) is 29.6 Å². The van der Waals surface area contributed by atoms with Crippen molar-refractivity contribution in [2.75, 3.05) is 25.2 Å². The molecule has 0 fully saturated rings. The molecule has 2 N–H and O–H groups in total. The van der Waals surface area contributed by atoms with Gasteiger partial charge in [-0.3, -0.25) is 0 Å². The number of ether oxygens (including phenoxy) is 1. The summed E-state index contributed by atoms with van der Waals surface area (Å²) in [6.45, 7) is 3.60. The molecule has 5 nitrogen and oxygen atoms in total. The van der Waals surface area contributed by atoms with Gasteiger partial charge in [0.1, 0.15) is 11.3 Å². The first-order valence-corrected chi connectivity index (χ1v) is 11.4. The van der Waals surface area contributed by atoms with Crippen LogP contribution in [0.15, 0.2) is 29.3 Å². The highest BCUT2D eigenvalue weighted by molar-refractivity contribution is 7.99. The van der Waals surface area contributed by atoms with Crippen LogP contribution in [0.4, 0.5) is 5.82 Å². The maximum atomic E-state index is 6.24. The number of fused-ring (bicyclic) bond motifs is 1. The van der Waals surface area contributed by atoms with Crippen molar-refractivity contribution < 1.29 is 4.74 Å². The predicted octanol–water partition coefficient (Wildman–Crippen LogP) is 5.78. The van der Waals surface area contributed by atoms with Crippen molar-refractivity contribution in [3.63, 3.8) is 0 Å². The van der Waals surface area contributed by atoms with Crippen LogP contribution in [0.25, 0.3) is 11.0 Å². The number of aryl methyl sites for hydroxylation is 2. The fraction of sp³-hybridized carbons (Fsp3) is 0.429. The number of nitrogen functional groups attached to an aromatic ring is 1. The van der Waals surface area contributed by atoms with Gasteiger partial charge in [-0.25, -0.2) is 9.97 Å². The molecule has 0 radical (unpaired) electrons. The zero-order chi connectivity index (χ0) is 20.8. The zero-order valence-electron chi connectivity index (χ0n) is 16.8. The number of rotatable bonds is 10. The summed E-state index contributed by atoms with van der Waals surface area (Å²) in [6.07, 6.45) is 5.90. The zero-order valence-corrected chi connectivity index (χ0v) is 19.1. The van der Waals surface area contributed by atoms with Crippen LogP contribution in [-0.4, -0.2) is 34.0 Å². The average Bonchev–Trinajstić information content (AvgIpc) is 3.07. The van der Waals surface area contributed by atoms with Gasteiger partial charge in [0.2, 0.25) is 0 Å². The second-order valence-corrected chi connectivity index (χ2v) is 8.91. The number of nitrogens with two attached hydrogens (primary N) is 1. The number of pyridine rings is 1. The van der Waals surface area contributed by atoms with E-state index in [2.05, 4.69) is 16.5 Å². The van der Waals surface area contributed by atoms with Gasteiger partial charge < -0.3 is 15.0 Å². The summed E-state index contributed by atoms with van der Waals surface area (Å²) in [5, 5.41) is 1.39. The minimum absolute atomic E-state index is 0.485. The molecule has 3 aromatic rings. The largest absolute Gasteiger partial charge is 0.384 e. The number of hydrogen-bond donors (Lipinski definition) is 1. The van der Waals surface area contributed by atoms with Gasteiger partial charge in [0.15, 0.2) is 5.82 Å². The molecule has 0 aliphatic carbocycles. The Balaban J connectivity index is 1.59. The molecule has 0 amide bonds. The summed E-state index contributed by atoms with van der Waals surface area (Å²) >= 11 is 14.0. The summed E-state index contributed by atoms with van der Waals surface area (Å²) in [5.74, 6) is 2.52. The Kier molecular flexibility index (Phi) is 8.07. The first-order chi connectivity index (χ1) is 14.0. The van der Waals surface area contributed by atoms with Crippen LogP contribution >= 0.6 is 35.0 Å². The Morgan fingerprint density at radius 3 is 2.79 bits per heavy atom.